The third-order valence-electron chi connectivity index (χ3n) is 5.76. The molecule has 2 rings (SSSR count). The summed E-state index contributed by atoms with van der Waals surface area (Å²) in [6.45, 7) is 11.4. The second-order valence-corrected chi connectivity index (χ2v) is 8.03. The molecule has 116 valence electrons. The van der Waals surface area contributed by atoms with Gasteiger partial charge in [0.05, 0.1) is 11.6 Å². The van der Waals surface area contributed by atoms with Crippen LogP contribution in [0.3, 0.4) is 0 Å². The number of fused-ring (bicyclic) bond motifs is 2. The number of rotatable bonds is 1. The van der Waals surface area contributed by atoms with Gasteiger partial charge in [-0.05, 0) is 39.0 Å². The standard InChI is InChI=1S/C15H27NO4/c1-12(2,3)20-11(19)16-15-8-7-14(6,13(15,4)5)9(17)10(15)18/h9-10,17-18H,7-8H2,1-6H3,(H,16,19)/t9-,10-,14+,15-/m0/s1. The number of carbonyl (C=O) groups is 1. The number of carbonyl (C=O) groups excluding carboxylic acids is 1. The van der Waals surface area contributed by atoms with Gasteiger partial charge in [-0.3, -0.25) is 0 Å². The number of ether oxygens (including phenoxy) is 1. The van der Waals surface area contributed by atoms with Crippen molar-refractivity contribution in [3.05, 3.63) is 0 Å². The summed E-state index contributed by atoms with van der Waals surface area (Å²) in [5.74, 6) is 0. The summed E-state index contributed by atoms with van der Waals surface area (Å²) >= 11 is 0. The maximum atomic E-state index is 12.1. The van der Waals surface area contributed by atoms with Crippen LogP contribution in [0.2, 0.25) is 0 Å². The lowest BCUT2D eigenvalue weighted by atomic mass is 9.68. The number of alkyl carbamates (subject to hydrolysis) is 1. The van der Waals surface area contributed by atoms with Crippen molar-refractivity contribution in [1.82, 2.24) is 5.32 Å². The Hall–Kier alpha value is -0.810. The van der Waals surface area contributed by atoms with Gasteiger partial charge in [-0.1, -0.05) is 20.8 Å². The van der Waals surface area contributed by atoms with Crippen LogP contribution < -0.4 is 5.32 Å². The lowest BCUT2D eigenvalue weighted by Gasteiger charge is -2.42. The first kappa shape index (κ1) is 15.6. The molecule has 0 unspecified atom stereocenters. The molecular formula is C15H27NO4. The minimum Gasteiger partial charge on any atom is -0.444 e. The highest BCUT2D eigenvalue weighted by molar-refractivity contribution is 5.69. The first-order valence-electron chi connectivity index (χ1n) is 7.25. The molecule has 2 saturated carbocycles. The molecule has 3 N–H and O–H groups in total. The van der Waals surface area contributed by atoms with Gasteiger partial charge in [0.2, 0.25) is 0 Å². The van der Waals surface area contributed by atoms with E-state index < -0.39 is 40.3 Å². The van der Waals surface area contributed by atoms with Crippen molar-refractivity contribution in [3.8, 4) is 0 Å². The lowest BCUT2D eigenvalue weighted by molar-refractivity contribution is -0.0598. The predicted octanol–water partition coefficient (Wildman–Crippen LogP) is 1.81. The molecule has 0 radical (unpaired) electrons. The van der Waals surface area contributed by atoms with E-state index >= 15 is 0 Å². The van der Waals surface area contributed by atoms with Gasteiger partial charge < -0.3 is 20.3 Å². The van der Waals surface area contributed by atoms with E-state index in [0.29, 0.717) is 6.42 Å². The fourth-order valence-corrected chi connectivity index (χ4v) is 4.02. The minimum absolute atomic E-state index is 0.401. The monoisotopic (exact) mass is 285 g/mol. The third-order valence-corrected chi connectivity index (χ3v) is 5.76. The molecule has 2 aliphatic rings. The lowest BCUT2D eigenvalue weighted by Crippen LogP contribution is -2.61. The van der Waals surface area contributed by atoms with Crippen molar-refractivity contribution in [2.45, 2.75) is 77.7 Å². The van der Waals surface area contributed by atoms with E-state index in [2.05, 4.69) is 5.32 Å². The summed E-state index contributed by atoms with van der Waals surface area (Å²) in [6, 6.07) is 0. The van der Waals surface area contributed by atoms with Gasteiger partial charge in [0, 0.05) is 5.41 Å². The molecule has 2 bridgehead atoms. The molecule has 0 spiro atoms. The molecule has 0 aromatic heterocycles. The van der Waals surface area contributed by atoms with Crippen molar-refractivity contribution < 1.29 is 19.7 Å². The SMILES string of the molecule is CC(C)(C)OC(=O)N[C@@]12CC[C@](C)([C@@H](O)[C@@H]1O)C2(C)C. The van der Waals surface area contributed by atoms with E-state index in [0.717, 1.165) is 6.42 Å². The number of hydrogen-bond acceptors (Lipinski definition) is 4. The second kappa shape index (κ2) is 4.10. The van der Waals surface area contributed by atoms with Gasteiger partial charge in [0.15, 0.2) is 0 Å². The van der Waals surface area contributed by atoms with Crippen LogP contribution in [0.1, 0.15) is 54.4 Å². The van der Waals surface area contributed by atoms with Gasteiger partial charge in [-0.15, -0.1) is 0 Å². The zero-order valence-electron chi connectivity index (χ0n) is 13.3. The average Bonchev–Trinajstić information content (AvgIpc) is 2.50. The predicted molar refractivity (Wildman–Crippen MR) is 75.2 cm³/mol. The molecule has 0 aromatic carbocycles. The van der Waals surface area contributed by atoms with Crippen LogP contribution in [0.4, 0.5) is 4.79 Å². The molecule has 0 aromatic rings. The normalized spacial score (nSPS) is 42.6. The van der Waals surface area contributed by atoms with Crippen LogP contribution >= 0.6 is 0 Å². The van der Waals surface area contributed by atoms with Crippen molar-refractivity contribution in [2.24, 2.45) is 10.8 Å². The average molecular weight is 285 g/mol. The van der Waals surface area contributed by atoms with Crippen LogP contribution in [0.15, 0.2) is 0 Å². The largest absolute Gasteiger partial charge is 0.444 e. The Morgan fingerprint density at radius 1 is 1.15 bits per heavy atom. The molecule has 0 aliphatic heterocycles. The molecule has 4 atom stereocenters. The van der Waals surface area contributed by atoms with Gasteiger partial charge in [0.25, 0.3) is 0 Å². The van der Waals surface area contributed by atoms with Gasteiger partial charge in [0.1, 0.15) is 11.7 Å². The van der Waals surface area contributed by atoms with Crippen molar-refractivity contribution in [3.63, 3.8) is 0 Å². The first-order valence-corrected chi connectivity index (χ1v) is 7.25. The van der Waals surface area contributed by atoms with Crippen LogP contribution in [-0.2, 0) is 4.74 Å². The third kappa shape index (κ3) is 1.79. The van der Waals surface area contributed by atoms with E-state index in [1.807, 2.05) is 20.8 Å². The van der Waals surface area contributed by atoms with E-state index in [1.165, 1.54) is 0 Å². The quantitative estimate of drug-likeness (QED) is 0.686. The van der Waals surface area contributed by atoms with Crippen molar-refractivity contribution in [1.29, 1.82) is 0 Å². The molecule has 0 saturated heterocycles. The Kier molecular flexibility index (Phi) is 3.20. The number of nitrogens with one attached hydrogen (secondary N) is 1. The van der Waals surface area contributed by atoms with E-state index in [4.69, 9.17) is 4.74 Å². The molecule has 5 nitrogen and oxygen atoms in total. The highest BCUT2D eigenvalue weighted by Gasteiger charge is 2.74. The van der Waals surface area contributed by atoms with Crippen LogP contribution in [0.5, 0.6) is 0 Å². The number of aliphatic hydroxyl groups excluding tert-OH is 2. The zero-order chi connectivity index (χ0) is 15.6. The Morgan fingerprint density at radius 2 is 1.70 bits per heavy atom. The molecule has 0 heterocycles. The highest BCUT2D eigenvalue weighted by Crippen LogP contribution is 2.67. The Bertz CT molecular complexity index is 428. The summed E-state index contributed by atoms with van der Waals surface area (Å²) in [7, 11) is 0. The van der Waals surface area contributed by atoms with E-state index in [1.54, 1.807) is 20.8 Å². The highest BCUT2D eigenvalue weighted by atomic mass is 16.6. The van der Waals surface area contributed by atoms with Gasteiger partial charge >= 0.3 is 6.09 Å². The molecule has 2 fully saturated rings. The fraction of sp³-hybridized carbons (Fsp3) is 0.933. The topological polar surface area (TPSA) is 78.8 Å². The van der Waals surface area contributed by atoms with E-state index in [-0.39, 0.29) is 0 Å². The maximum Gasteiger partial charge on any atom is 0.408 e. The smallest absolute Gasteiger partial charge is 0.408 e. The number of amides is 1. The summed E-state index contributed by atoms with van der Waals surface area (Å²) in [5.41, 5.74) is -2.23. The van der Waals surface area contributed by atoms with E-state index in [9.17, 15) is 15.0 Å². The first-order chi connectivity index (χ1) is 8.87. The number of aliphatic hydroxyl groups is 2. The minimum atomic E-state index is -0.969. The molecule has 2 aliphatic carbocycles. The van der Waals surface area contributed by atoms with Crippen LogP contribution in [0, 0.1) is 10.8 Å². The summed E-state index contributed by atoms with van der Waals surface area (Å²) in [6.07, 6.45) is -0.921. The molecule has 20 heavy (non-hydrogen) atoms. The summed E-state index contributed by atoms with van der Waals surface area (Å²) < 4.78 is 5.31. The Balaban J connectivity index is 2.28. The van der Waals surface area contributed by atoms with Crippen molar-refractivity contribution >= 4 is 6.09 Å². The Morgan fingerprint density at radius 3 is 2.10 bits per heavy atom. The summed E-state index contributed by atoms with van der Waals surface area (Å²) in [5, 5.41) is 23.7. The van der Waals surface area contributed by atoms with Gasteiger partial charge in [-0.2, -0.15) is 0 Å². The summed E-state index contributed by atoms with van der Waals surface area (Å²) in [4.78, 5) is 12.1. The maximum absolute atomic E-state index is 12.1. The van der Waals surface area contributed by atoms with Crippen molar-refractivity contribution in [2.75, 3.05) is 0 Å². The van der Waals surface area contributed by atoms with Crippen LogP contribution in [-0.4, -0.2) is 39.7 Å². The molecule has 5 heteroatoms. The van der Waals surface area contributed by atoms with Crippen LogP contribution in [0.25, 0.3) is 0 Å². The zero-order valence-corrected chi connectivity index (χ0v) is 13.3. The second-order valence-electron chi connectivity index (χ2n) is 8.03. The Labute approximate surface area is 120 Å². The number of hydrogen-bond donors (Lipinski definition) is 3. The fourth-order valence-electron chi connectivity index (χ4n) is 4.02. The van der Waals surface area contributed by atoms with Gasteiger partial charge in [-0.25, -0.2) is 4.79 Å². The molecular weight excluding hydrogens is 258 g/mol. The molecule has 1 amide bonds.